The Balaban J connectivity index is 1.56. The molecule has 0 saturated heterocycles. The molecule has 1 amide bonds. The normalized spacial score (nSPS) is 21.7. The highest BCUT2D eigenvalue weighted by Gasteiger charge is 2.28. The van der Waals surface area contributed by atoms with Crippen LogP contribution in [0.5, 0.6) is 0 Å². The molecule has 1 aliphatic heterocycles. The minimum absolute atomic E-state index is 0.336. The highest BCUT2D eigenvalue weighted by Crippen LogP contribution is 2.29. The van der Waals surface area contributed by atoms with E-state index in [1.54, 1.807) is 0 Å². The van der Waals surface area contributed by atoms with Gasteiger partial charge in [-0.2, -0.15) is 5.10 Å². The fourth-order valence-corrected chi connectivity index (χ4v) is 3.96. The quantitative estimate of drug-likeness (QED) is 0.906. The lowest BCUT2D eigenvalue weighted by Crippen LogP contribution is -2.46. The maximum Gasteiger partial charge on any atom is 0.407 e. The molecule has 1 aliphatic carbocycles. The molecule has 0 aromatic carbocycles. The highest BCUT2D eigenvalue weighted by molar-refractivity contribution is 5.67. The summed E-state index contributed by atoms with van der Waals surface area (Å²) in [5.74, 6) is 2.36. The number of carbonyl (C=O) groups excluding carboxylic acids is 1. The number of ether oxygens (including phenoxy) is 1. The van der Waals surface area contributed by atoms with Crippen molar-refractivity contribution in [2.24, 2.45) is 11.8 Å². The Kier molecular flexibility index (Phi) is 5.54. The number of nitrogens with one attached hydrogen (secondary N) is 1. The average Bonchev–Trinajstić information content (AvgIpc) is 3.01. The lowest BCUT2D eigenvalue weighted by molar-refractivity contribution is 0.0516. The number of amides is 1. The Hall–Kier alpha value is -1.72. The van der Waals surface area contributed by atoms with Crippen LogP contribution < -0.4 is 10.2 Å². The lowest BCUT2D eigenvalue weighted by atomic mass is 9.88. The van der Waals surface area contributed by atoms with Crippen molar-refractivity contribution in [1.82, 2.24) is 15.1 Å². The topological polar surface area (TPSA) is 59.4 Å². The zero-order valence-electron chi connectivity index (χ0n) is 15.8. The van der Waals surface area contributed by atoms with Gasteiger partial charge in [0.2, 0.25) is 0 Å². The number of hydrogen-bond donors (Lipinski definition) is 1. The van der Waals surface area contributed by atoms with Crippen LogP contribution in [-0.4, -0.2) is 41.1 Å². The van der Waals surface area contributed by atoms with Crippen LogP contribution in [0.25, 0.3) is 0 Å². The summed E-state index contributed by atoms with van der Waals surface area (Å²) in [4.78, 5) is 14.4. The van der Waals surface area contributed by atoms with Gasteiger partial charge in [-0.1, -0.05) is 19.3 Å². The maximum atomic E-state index is 11.9. The summed E-state index contributed by atoms with van der Waals surface area (Å²) >= 11 is 0. The number of aromatic nitrogens is 2. The predicted octanol–water partition coefficient (Wildman–Crippen LogP) is 3.42. The largest absolute Gasteiger partial charge is 0.444 e. The fraction of sp³-hybridized carbons (Fsp3) is 0.789. The van der Waals surface area contributed by atoms with Crippen molar-refractivity contribution in [3.63, 3.8) is 0 Å². The van der Waals surface area contributed by atoms with Gasteiger partial charge in [-0.3, -0.25) is 0 Å². The van der Waals surface area contributed by atoms with Crippen LogP contribution in [0.15, 0.2) is 12.3 Å². The number of rotatable bonds is 4. The standard InChI is InChI=1S/C19H32N4O2/c1-19(2,3)25-18(24)20-11-16-13-22(12-15-7-5-4-6-8-15)17-9-10-21-23(17)14-16/h9-10,15-16H,4-8,11-14H2,1-3H3,(H,20,24). The van der Waals surface area contributed by atoms with E-state index in [0.717, 1.165) is 25.6 Å². The van der Waals surface area contributed by atoms with Crippen LogP contribution in [0.1, 0.15) is 52.9 Å². The minimum atomic E-state index is -0.460. The van der Waals surface area contributed by atoms with Crippen molar-refractivity contribution >= 4 is 11.9 Å². The van der Waals surface area contributed by atoms with Crippen LogP contribution in [0.3, 0.4) is 0 Å². The molecule has 1 unspecified atom stereocenters. The predicted molar refractivity (Wildman–Crippen MR) is 98.7 cm³/mol. The summed E-state index contributed by atoms with van der Waals surface area (Å²) in [6.45, 7) is 9.20. The number of fused-ring (bicyclic) bond motifs is 1. The Morgan fingerprint density at radius 1 is 1.24 bits per heavy atom. The van der Waals surface area contributed by atoms with Crippen molar-refractivity contribution in [2.75, 3.05) is 24.5 Å². The van der Waals surface area contributed by atoms with Crippen LogP contribution in [-0.2, 0) is 11.3 Å². The van der Waals surface area contributed by atoms with Crippen molar-refractivity contribution in [1.29, 1.82) is 0 Å². The first-order valence-electron chi connectivity index (χ1n) is 9.64. The van der Waals surface area contributed by atoms with Gasteiger partial charge >= 0.3 is 6.09 Å². The van der Waals surface area contributed by atoms with E-state index >= 15 is 0 Å². The van der Waals surface area contributed by atoms with Gasteiger partial charge in [0, 0.05) is 38.2 Å². The monoisotopic (exact) mass is 348 g/mol. The zero-order valence-corrected chi connectivity index (χ0v) is 15.8. The molecule has 1 N–H and O–H groups in total. The smallest absolute Gasteiger partial charge is 0.407 e. The van der Waals surface area contributed by atoms with Gasteiger partial charge in [0.15, 0.2) is 0 Å². The second-order valence-electron chi connectivity index (χ2n) is 8.53. The summed E-state index contributed by atoms with van der Waals surface area (Å²) in [6, 6.07) is 2.11. The van der Waals surface area contributed by atoms with E-state index in [-0.39, 0.29) is 6.09 Å². The fourth-order valence-electron chi connectivity index (χ4n) is 3.96. The summed E-state index contributed by atoms with van der Waals surface area (Å²) in [5.41, 5.74) is -0.460. The van der Waals surface area contributed by atoms with Crippen molar-refractivity contribution in [2.45, 2.75) is 65.0 Å². The summed E-state index contributed by atoms with van der Waals surface area (Å²) in [6.07, 6.45) is 8.33. The van der Waals surface area contributed by atoms with Gasteiger partial charge in [0.1, 0.15) is 11.4 Å². The SMILES string of the molecule is CC(C)(C)OC(=O)NCC1CN(CC2CCCCC2)c2ccnn2C1. The molecule has 0 bridgehead atoms. The van der Waals surface area contributed by atoms with Crippen LogP contribution in [0.2, 0.25) is 0 Å². The molecule has 6 heteroatoms. The van der Waals surface area contributed by atoms with E-state index < -0.39 is 5.60 Å². The van der Waals surface area contributed by atoms with E-state index in [1.807, 2.05) is 27.0 Å². The molecule has 1 aromatic heterocycles. The molecule has 6 nitrogen and oxygen atoms in total. The number of nitrogens with zero attached hydrogens (tertiary/aromatic N) is 3. The van der Waals surface area contributed by atoms with Crippen LogP contribution in [0.4, 0.5) is 10.6 Å². The molecule has 3 rings (SSSR count). The average molecular weight is 348 g/mol. The first kappa shape index (κ1) is 18.1. The Morgan fingerprint density at radius 2 is 2.00 bits per heavy atom. The van der Waals surface area contributed by atoms with Gasteiger partial charge in [-0.25, -0.2) is 9.48 Å². The molecule has 2 heterocycles. The number of hydrogen-bond acceptors (Lipinski definition) is 4. The van der Waals surface area contributed by atoms with E-state index in [2.05, 4.69) is 26.1 Å². The highest BCUT2D eigenvalue weighted by atomic mass is 16.6. The van der Waals surface area contributed by atoms with Crippen molar-refractivity contribution < 1.29 is 9.53 Å². The summed E-state index contributed by atoms with van der Waals surface area (Å²) in [7, 11) is 0. The van der Waals surface area contributed by atoms with E-state index in [4.69, 9.17) is 4.74 Å². The Labute approximate surface area is 150 Å². The molecule has 1 atom stereocenters. The molecule has 1 aromatic rings. The molecule has 140 valence electrons. The molecular weight excluding hydrogens is 316 g/mol. The third kappa shape index (κ3) is 5.13. The molecule has 1 fully saturated rings. The maximum absolute atomic E-state index is 11.9. The van der Waals surface area contributed by atoms with Gasteiger partial charge in [-0.05, 0) is 39.5 Å². The first-order valence-corrected chi connectivity index (χ1v) is 9.64. The van der Waals surface area contributed by atoms with Gasteiger partial charge in [0.25, 0.3) is 0 Å². The third-order valence-electron chi connectivity index (χ3n) is 5.07. The number of anilines is 1. The molecule has 0 spiro atoms. The molecule has 1 saturated carbocycles. The second kappa shape index (κ2) is 7.67. The summed E-state index contributed by atoms with van der Waals surface area (Å²) in [5, 5.41) is 7.40. The van der Waals surface area contributed by atoms with E-state index in [0.29, 0.717) is 12.5 Å². The van der Waals surface area contributed by atoms with Gasteiger partial charge in [0.05, 0.1) is 6.20 Å². The van der Waals surface area contributed by atoms with Gasteiger partial charge < -0.3 is 15.0 Å². The Morgan fingerprint density at radius 3 is 2.72 bits per heavy atom. The molecular formula is C19H32N4O2. The van der Waals surface area contributed by atoms with Gasteiger partial charge in [-0.15, -0.1) is 0 Å². The van der Waals surface area contributed by atoms with Crippen molar-refractivity contribution in [3.8, 4) is 0 Å². The second-order valence-corrected chi connectivity index (χ2v) is 8.53. The zero-order chi connectivity index (χ0) is 17.9. The first-order chi connectivity index (χ1) is 11.9. The minimum Gasteiger partial charge on any atom is -0.444 e. The third-order valence-corrected chi connectivity index (χ3v) is 5.07. The van der Waals surface area contributed by atoms with E-state index in [1.165, 1.54) is 37.9 Å². The molecule has 25 heavy (non-hydrogen) atoms. The number of carbonyl (C=O) groups is 1. The van der Waals surface area contributed by atoms with Crippen LogP contribution in [0, 0.1) is 11.8 Å². The number of alkyl carbamates (subject to hydrolysis) is 1. The lowest BCUT2D eigenvalue weighted by Gasteiger charge is -2.37. The summed E-state index contributed by atoms with van der Waals surface area (Å²) < 4.78 is 7.42. The van der Waals surface area contributed by atoms with Crippen LogP contribution >= 0.6 is 0 Å². The molecule has 0 radical (unpaired) electrons. The molecule has 2 aliphatic rings. The Bertz CT molecular complexity index is 572. The van der Waals surface area contributed by atoms with E-state index in [9.17, 15) is 4.79 Å². The van der Waals surface area contributed by atoms with Crippen molar-refractivity contribution in [3.05, 3.63) is 12.3 Å².